The largest absolute Gasteiger partial charge is 0.391 e. The number of fused-ring (bicyclic) bond motifs is 1. The quantitative estimate of drug-likeness (QED) is 0.443. The Morgan fingerprint density at radius 1 is 1.21 bits per heavy atom. The van der Waals surface area contributed by atoms with E-state index in [0.717, 1.165) is 0 Å². The number of halogens is 3. The van der Waals surface area contributed by atoms with E-state index in [-0.39, 0.29) is 24.8 Å². The summed E-state index contributed by atoms with van der Waals surface area (Å²) >= 11 is 0. The molecular weight excluding hydrogens is 381 g/mol. The van der Waals surface area contributed by atoms with Crippen molar-refractivity contribution in [3.8, 4) is 0 Å². The molecular formula is C21H29F3N4O. The molecule has 1 amide bonds. The van der Waals surface area contributed by atoms with Crippen LogP contribution >= 0.6 is 0 Å². The van der Waals surface area contributed by atoms with E-state index in [0.29, 0.717) is 51.3 Å². The van der Waals surface area contributed by atoms with Gasteiger partial charge >= 0.3 is 6.18 Å². The summed E-state index contributed by atoms with van der Waals surface area (Å²) in [7, 11) is 1.60. The van der Waals surface area contributed by atoms with Gasteiger partial charge in [0, 0.05) is 39.1 Å². The van der Waals surface area contributed by atoms with Crippen LogP contribution < -0.4 is 10.6 Å². The zero-order chi connectivity index (χ0) is 20.9. The third-order valence-electron chi connectivity index (χ3n) is 5.75. The average molecular weight is 410 g/mol. The van der Waals surface area contributed by atoms with E-state index in [4.69, 9.17) is 0 Å². The fraction of sp³-hybridized carbons (Fsp3) is 0.619. The van der Waals surface area contributed by atoms with Crippen molar-refractivity contribution in [2.75, 3.05) is 13.6 Å². The van der Waals surface area contributed by atoms with Crippen LogP contribution in [0, 0.1) is 5.92 Å². The molecule has 0 bridgehead atoms. The van der Waals surface area contributed by atoms with E-state index in [1.807, 2.05) is 17.0 Å². The maximum Gasteiger partial charge on any atom is 0.391 e. The van der Waals surface area contributed by atoms with Gasteiger partial charge in [0.05, 0.1) is 5.92 Å². The summed E-state index contributed by atoms with van der Waals surface area (Å²) in [5, 5.41) is 6.23. The Labute approximate surface area is 169 Å². The number of guanidine groups is 1. The second-order valence-electron chi connectivity index (χ2n) is 7.87. The van der Waals surface area contributed by atoms with Gasteiger partial charge in [0.25, 0.3) is 0 Å². The Hall–Kier alpha value is -2.25. The Bertz CT molecular complexity index is 710. The molecule has 1 fully saturated rings. The number of nitrogens with one attached hydrogen (secondary N) is 2. The predicted octanol–water partition coefficient (Wildman–Crippen LogP) is 3.60. The maximum atomic E-state index is 13.0. The van der Waals surface area contributed by atoms with Crippen molar-refractivity contribution >= 4 is 11.9 Å². The van der Waals surface area contributed by atoms with Crippen LogP contribution in [0.5, 0.6) is 0 Å². The number of amides is 1. The molecule has 2 atom stereocenters. The first kappa shape index (κ1) is 21.5. The number of alkyl halides is 3. The summed E-state index contributed by atoms with van der Waals surface area (Å²) in [5.41, 5.74) is 2.40. The zero-order valence-corrected chi connectivity index (χ0v) is 16.8. The van der Waals surface area contributed by atoms with E-state index >= 15 is 0 Å². The van der Waals surface area contributed by atoms with Crippen LogP contribution in [0.3, 0.4) is 0 Å². The van der Waals surface area contributed by atoms with Gasteiger partial charge in [0.2, 0.25) is 5.91 Å². The molecule has 3 rings (SSSR count). The average Bonchev–Trinajstić information content (AvgIpc) is 3.14. The highest BCUT2D eigenvalue weighted by atomic mass is 19.4. The number of hydrogen-bond donors (Lipinski definition) is 2. The fourth-order valence-electron chi connectivity index (χ4n) is 4.12. The third-order valence-corrected chi connectivity index (χ3v) is 5.75. The van der Waals surface area contributed by atoms with Gasteiger partial charge in [-0.2, -0.15) is 13.2 Å². The first-order chi connectivity index (χ1) is 13.9. The maximum absolute atomic E-state index is 13.0. The molecule has 2 unspecified atom stereocenters. The lowest BCUT2D eigenvalue weighted by molar-refractivity contribution is -0.183. The van der Waals surface area contributed by atoms with Crippen LogP contribution in [-0.4, -0.2) is 42.6 Å². The standard InChI is InChI=1S/C21H29F3N4O/c1-25-20(27-18-9-4-8-17(12-18)21(22,23)24)26-11-5-10-19(29)28-13-15-6-2-3-7-16(15)14-28/h2-3,6-7,17-18H,4-5,8-14H2,1H3,(H2,25,26,27). The van der Waals surface area contributed by atoms with Crippen molar-refractivity contribution < 1.29 is 18.0 Å². The Morgan fingerprint density at radius 3 is 2.52 bits per heavy atom. The van der Waals surface area contributed by atoms with Crippen molar-refractivity contribution in [3.05, 3.63) is 35.4 Å². The van der Waals surface area contributed by atoms with Gasteiger partial charge in [-0.05, 0) is 36.8 Å². The molecule has 1 aliphatic carbocycles. The third kappa shape index (κ3) is 5.87. The number of benzene rings is 1. The minimum absolute atomic E-state index is 0.0816. The lowest BCUT2D eigenvalue weighted by Gasteiger charge is -2.31. The van der Waals surface area contributed by atoms with Crippen molar-refractivity contribution in [1.82, 2.24) is 15.5 Å². The van der Waals surface area contributed by atoms with Crippen molar-refractivity contribution in [1.29, 1.82) is 0 Å². The summed E-state index contributed by atoms with van der Waals surface area (Å²) in [6.07, 6.45) is -1.51. The number of carbonyl (C=O) groups excluding carboxylic acids is 1. The highest BCUT2D eigenvalue weighted by molar-refractivity contribution is 5.80. The van der Waals surface area contributed by atoms with E-state index < -0.39 is 12.1 Å². The molecule has 1 aliphatic heterocycles. The van der Waals surface area contributed by atoms with Crippen LogP contribution in [-0.2, 0) is 17.9 Å². The minimum Gasteiger partial charge on any atom is -0.356 e. The molecule has 2 N–H and O–H groups in total. The second kappa shape index (κ2) is 9.50. The normalized spacial score (nSPS) is 22.3. The van der Waals surface area contributed by atoms with Crippen LogP contribution in [0.25, 0.3) is 0 Å². The molecule has 160 valence electrons. The Morgan fingerprint density at radius 2 is 1.90 bits per heavy atom. The van der Waals surface area contributed by atoms with Gasteiger partial charge in [-0.3, -0.25) is 9.79 Å². The minimum atomic E-state index is -4.13. The number of rotatable bonds is 5. The van der Waals surface area contributed by atoms with Gasteiger partial charge < -0.3 is 15.5 Å². The van der Waals surface area contributed by atoms with Crippen LogP contribution in [0.4, 0.5) is 13.2 Å². The molecule has 0 radical (unpaired) electrons. The Kier molecular flexibility index (Phi) is 7.03. The summed E-state index contributed by atoms with van der Waals surface area (Å²) in [5.74, 6) is -0.626. The highest BCUT2D eigenvalue weighted by Crippen LogP contribution is 2.37. The van der Waals surface area contributed by atoms with Gasteiger partial charge in [-0.1, -0.05) is 30.7 Å². The van der Waals surface area contributed by atoms with Crippen molar-refractivity contribution in [2.45, 2.75) is 63.8 Å². The van der Waals surface area contributed by atoms with Gasteiger partial charge in [0.1, 0.15) is 0 Å². The highest BCUT2D eigenvalue weighted by Gasteiger charge is 2.42. The van der Waals surface area contributed by atoms with Gasteiger partial charge in [-0.15, -0.1) is 0 Å². The Balaban J connectivity index is 1.37. The monoisotopic (exact) mass is 410 g/mol. The summed E-state index contributed by atoms with van der Waals surface area (Å²) in [6.45, 7) is 1.86. The molecule has 5 nitrogen and oxygen atoms in total. The smallest absolute Gasteiger partial charge is 0.356 e. The number of nitrogens with zero attached hydrogens (tertiary/aromatic N) is 2. The molecule has 1 saturated carbocycles. The van der Waals surface area contributed by atoms with Crippen LogP contribution in [0.1, 0.15) is 49.7 Å². The zero-order valence-electron chi connectivity index (χ0n) is 16.8. The first-order valence-electron chi connectivity index (χ1n) is 10.2. The van der Waals surface area contributed by atoms with Crippen molar-refractivity contribution in [2.24, 2.45) is 10.9 Å². The summed E-state index contributed by atoms with van der Waals surface area (Å²) in [6, 6.07) is 7.84. The van der Waals surface area contributed by atoms with Gasteiger partial charge in [-0.25, -0.2) is 0 Å². The topological polar surface area (TPSA) is 56.7 Å². The van der Waals surface area contributed by atoms with Crippen LogP contribution in [0.2, 0.25) is 0 Å². The lowest BCUT2D eigenvalue weighted by Crippen LogP contribution is -2.47. The van der Waals surface area contributed by atoms with E-state index in [9.17, 15) is 18.0 Å². The molecule has 2 aliphatic rings. The van der Waals surface area contributed by atoms with Crippen LogP contribution in [0.15, 0.2) is 29.3 Å². The van der Waals surface area contributed by atoms with E-state index in [1.165, 1.54) is 11.1 Å². The summed E-state index contributed by atoms with van der Waals surface area (Å²) in [4.78, 5) is 18.4. The van der Waals surface area contributed by atoms with Crippen molar-refractivity contribution in [3.63, 3.8) is 0 Å². The SMILES string of the molecule is CN=C(NCCCC(=O)N1Cc2ccccc2C1)NC1CCCC(C(F)(F)F)C1. The predicted molar refractivity (Wildman–Crippen MR) is 106 cm³/mol. The second-order valence-corrected chi connectivity index (χ2v) is 7.87. The van der Waals surface area contributed by atoms with Gasteiger partial charge in [0.15, 0.2) is 5.96 Å². The molecule has 0 aromatic heterocycles. The number of hydrogen-bond acceptors (Lipinski definition) is 2. The number of aliphatic imine (C=N–C) groups is 1. The molecule has 1 aromatic carbocycles. The molecule has 0 saturated heterocycles. The van der Waals surface area contributed by atoms with E-state index in [2.05, 4.69) is 27.8 Å². The molecule has 8 heteroatoms. The first-order valence-corrected chi connectivity index (χ1v) is 10.2. The number of carbonyl (C=O) groups is 1. The summed E-state index contributed by atoms with van der Waals surface area (Å²) < 4.78 is 38.9. The molecule has 1 aromatic rings. The molecule has 0 spiro atoms. The lowest BCUT2D eigenvalue weighted by atomic mass is 9.85. The van der Waals surface area contributed by atoms with E-state index in [1.54, 1.807) is 7.05 Å². The molecule has 1 heterocycles. The fourth-order valence-corrected chi connectivity index (χ4v) is 4.12. The molecule has 29 heavy (non-hydrogen) atoms.